The summed E-state index contributed by atoms with van der Waals surface area (Å²) in [5, 5.41) is 33.9. The quantitative estimate of drug-likeness (QED) is 0.133. The zero-order chi connectivity index (χ0) is 28.9. The lowest BCUT2D eigenvalue weighted by atomic mass is 10.0. The van der Waals surface area contributed by atoms with Crippen molar-refractivity contribution in [1.82, 2.24) is 14.9 Å². The van der Waals surface area contributed by atoms with Crippen LogP contribution in [0.3, 0.4) is 0 Å². The molecule has 0 fully saturated rings. The number of nitro benzene ring substituents is 1. The molecule has 10 nitrogen and oxygen atoms in total. The van der Waals surface area contributed by atoms with Gasteiger partial charge in [0.1, 0.15) is 0 Å². The van der Waals surface area contributed by atoms with Crippen molar-refractivity contribution in [3.05, 3.63) is 123 Å². The van der Waals surface area contributed by atoms with E-state index in [4.69, 9.17) is 32.0 Å². The molecule has 5 aromatic rings. The molecule has 0 amide bonds. The van der Waals surface area contributed by atoms with E-state index < -0.39 is 23.7 Å². The van der Waals surface area contributed by atoms with Crippen LogP contribution in [-0.4, -0.2) is 42.7 Å². The van der Waals surface area contributed by atoms with E-state index >= 15 is 0 Å². The summed E-state index contributed by atoms with van der Waals surface area (Å²) in [6.07, 6.45) is 1.96. The third-order valence-electron chi connectivity index (χ3n) is 6.51. The molecule has 2 unspecified atom stereocenters. The number of oxazole rings is 2. The van der Waals surface area contributed by atoms with Gasteiger partial charge in [0.15, 0.2) is 11.5 Å². The predicted octanol–water partition coefficient (Wildman–Crippen LogP) is 6.31. The number of aliphatic hydroxyl groups excluding tert-OH is 2. The van der Waals surface area contributed by atoms with Gasteiger partial charge in [-0.2, -0.15) is 0 Å². The number of halogens is 2. The molecule has 0 bridgehead atoms. The molecule has 2 N–H and O–H groups in total. The third-order valence-corrected chi connectivity index (χ3v) is 7.01. The van der Waals surface area contributed by atoms with Gasteiger partial charge < -0.3 is 19.0 Å². The Kier molecular flexibility index (Phi) is 8.77. The molecule has 2 aromatic heterocycles. The van der Waals surface area contributed by atoms with Crippen LogP contribution in [-0.2, 0) is 13.1 Å². The number of aliphatic hydroxyl groups is 2. The fourth-order valence-corrected chi connectivity index (χ4v) is 4.58. The topological polar surface area (TPSA) is 139 Å². The zero-order valence-electron chi connectivity index (χ0n) is 21.4. The van der Waals surface area contributed by atoms with Crippen molar-refractivity contribution >= 4 is 28.9 Å². The van der Waals surface area contributed by atoms with Crippen molar-refractivity contribution in [3.8, 4) is 22.6 Å². The minimum atomic E-state index is -1.21. The SMILES string of the molecule is O=[N+]([O-])c1ccc(C(O)C(CO)N(Cc2ncc(-c3ccc(Cl)cc3)o2)Cc2ncc(-c3ccc(Cl)cc3)o2)cc1. The average Bonchev–Trinajstić information content (AvgIpc) is 3.64. The second-order valence-electron chi connectivity index (χ2n) is 9.20. The Hall–Kier alpha value is -4.06. The number of nitrogens with zero attached hydrogens (tertiary/aromatic N) is 4. The van der Waals surface area contributed by atoms with Gasteiger partial charge in [0.2, 0.25) is 11.8 Å². The summed E-state index contributed by atoms with van der Waals surface area (Å²) in [4.78, 5) is 21.1. The van der Waals surface area contributed by atoms with Gasteiger partial charge >= 0.3 is 0 Å². The summed E-state index contributed by atoms with van der Waals surface area (Å²) in [6.45, 7) is -0.281. The van der Waals surface area contributed by atoms with Crippen LogP contribution in [0.4, 0.5) is 5.69 Å². The normalized spacial score (nSPS) is 12.9. The van der Waals surface area contributed by atoms with Crippen LogP contribution in [0.1, 0.15) is 23.4 Å². The number of rotatable bonds is 11. The molecule has 2 atom stereocenters. The van der Waals surface area contributed by atoms with Crippen LogP contribution >= 0.6 is 23.2 Å². The van der Waals surface area contributed by atoms with Crippen LogP contribution in [0, 0.1) is 10.1 Å². The van der Waals surface area contributed by atoms with Crippen LogP contribution in [0.2, 0.25) is 10.0 Å². The number of aromatic nitrogens is 2. The van der Waals surface area contributed by atoms with Gasteiger partial charge in [-0.15, -0.1) is 0 Å². The van der Waals surface area contributed by atoms with E-state index in [9.17, 15) is 20.3 Å². The molecular weight excluding hydrogens is 571 g/mol. The number of nitro groups is 1. The maximum absolute atomic E-state index is 11.3. The second kappa shape index (κ2) is 12.6. The molecule has 210 valence electrons. The summed E-state index contributed by atoms with van der Waals surface area (Å²) in [6, 6.07) is 18.9. The minimum Gasteiger partial charge on any atom is -0.439 e. The summed E-state index contributed by atoms with van der Waals surface area (Å²) in [5.74, 6) is 1.70. The first-order chi connectivity index (χ1) is 19.8. The molecular formula is C29H24Cl2N4O6. The number of hydrogen-bond donors (Lipinski definition) is 2. The first-order valence-corrected chi connectivity index (χ1v) is 13.2. The van der Waals surface area contributed by atoms with E-state index in [-0.39, 0.29) is 18.8 Å². The minimum absolute atomic E-state index is 0.0848. The lowest BCUT2D eigenvalue weighted by molar-refractivity contribution is -0.384. The van der Waals surface area contributed by atoms with Crippen LogP contribution < -0.4 is 0 Å². The monoisotopic (exact) mass is 594 g/mol. The fraction of sp³-hybridized carbons (Fsp3) is 0.172. The van der Waals surface area contributed by atoms with Crippen LogP contribution in [0.5, 0.6) is 0 Å². The van der Waals surface area contributed by atoms with Gasteiger partial charge in [0.25, 0.3) is 5.69 Å². The lowest BCUT2D eigenvalue weighted by Crippen LogP contribution is -2.41. The number of benzene rings is 3. The first-order valence-electron chi connectivity index (χ1n) is 12.5. The summed E-state index contributed by atoms with van der Waals surface area (Å²) < 4.78 is 12.0. The van der Waals surface area contributed by atoms with E-state index in [0.717, 1.165) is 11.1 Å². The predicted molar refractivity (Wildman–Crippen MR) is 152 cm³/mol. The van der Waals surface area contributed by atoms with E-state index in [1.54, 1.807) is 41.6 Å². The Balaban J connectivity index is 1.43. The molecule has 0 aliphatic heterocycles. The molecule has 0 radical (unpaired) electrons. The van der Waals surface area contributed by atoms with Crippen molar-refractivity contribution < 1.29 is 24.0 Å². The van der Waals surface area contributed by atoms with Gasteiger partial charge in [-0.3, -0.25) is 15.0 Å². The smallest absolute Gasteiger partial charge is 0.269 e. The highest BCUT2D eigenvalue weighted by Gasteiger charge is 2.30. The molecule has 0 saturated carbocycles. The summed E-state index contributed by atoms with van der Waals surface area (Å²) in [7, 11) is 0. The average molecular weight is 595 g/mol. The summed E-state index contributed by atoms with van der Waals surface area (Å²) in [5.41, 5.74) is 1.85. The molecule has 2 heterocycles. The first kappa shape index (κ1) is 28.5. The van der Waals surface area contributed by atoms with E-state index in [0.29, 0.717) is 38.9 Å². The molecule has 0 aliphatic carbocycles. The molecule has 41 heavy (non-hydrogen) atoms. The largest absolute Gasteiger partial charge is 0.439 e. The maximum Gasteiger partial charge on any atom is 0.269 e. The molecule has 3 aromatic carbocycles. The van der Waals surface area contributed by atoms with Gasteiger partial charge in [-0.1, -0.05) is 23.2 Å². The van der Waals surface area contributed by atoms with Crippen molar-refractivity contribution in [2.45, 2.75) is 25.2 Å². The highest BCUT2D eigenvalue weighted by Crippen LogP contribution is 2.29. The Morgan fingerprint density at radius 3 is 1.68 bits per heavy atom. The van der Waals surface area contributed by atoms with Crippen molar-refractivity contribution in [3.63, 3.8) is 0 Å². The zero-order valence-corrected chi connectivity index (χ0v) is 22.9. The molecule has 12 heteroatoms. The van der Waals surface area contributed by atoms with E-state index in [2.05, 4.69) is 9.97 Å². The van der Waals surface area contributed by atoms with Gasteiger partial charge in [-0.05, 0) is 66.2 Å². The van der Waals surface area contributed by atoms with Crippen LogP contribution in [0.15, 0.2) is 94.0 Å². The highest BCUT2D eigenvalue weighted by molar-refractivity contribution is 6.30. The summed E-state index contributed by atoms with van der Waals surface area (Å²) >= 11 is 12.0. The second-order valence-corrected chi connectivity index (χ2v) is 10.1. The lowest BCUT2D eigenvalue weighted by Gasteiger charge is -2.32. The Morgan fingerprint density at radius 2 is 1.27 bits per heavy atom. The van der Waals surface area contributed by atoms with Crippen molar-refractivity contribution in [1.29, 1.82) is 0 Å². The highest BCUT2D eigenvalue weighted by atomic mass is 35.5. The van der Waals surface area contributed by atoms with E-state index in [1.165, 1.54) is 24.3 Å². The molecule has 0 saturated heterocycles. The maximum atomic E-state index is 11.3. The standard InChI is InChI=1S/C29H24Cl2N4O6/c30-21-7-1-18(2-8-21)25-13-32-27(40-25)15-34(16-28-33-14-26(41-28)19-3-9-22(31)10-4-19)24(17-36)29(37)20-5-11-23(12-6-20)35(38)39/h1-14,24,29,36-37H,15-17H2. The Bertz CT molecular complexity index is 1520. The van der Waals surface area contributed by atoms with Crippen LogP contribution in [0.25, 0.3) is 22.6 Å². The van der Waals surface area contributed by atoms with Crippen molar-refractivity contribution in [2.24, 2.45) is 0 Å². The number of non-ortho nitro benzene ring substituents is 1. The molecule has 5 rings (SSSR count). The van der Waals surface area contributed by atoms with E-state index in [1.807, 2.05) is 24.3 Å². The van der Waals surface area contributed by atoms with Gasteiger partial charge in [-0.25, -0.2) is 9.97 Å². The number of hydrogen-bond acceptors (Lipinski definition) is 9. The Labute approximate surface area is 244 Å². The third kappa shape index (κ3) is 6.82. The molecule has 0 aliphatic rings. The van der Waals surface area contributed by atoms with Gasteiger partial charge in [0.05, 0.1) is 49.2 Å². The molecule has 0 spiro atoms. The van der Waals surface area contributed by atoms with Crippen molar-refractivity contribution in [2.75, 3.05) is 6.61 Å². The fourth-order valence-electron chi connectivity index (χ4n) is 4.33. The van der Waals surface area contributed by atoms with Gasteiger partial charge in [0, 0.05) is 33.3 Å². The Morgan fingerprint density at radius 1 is 0.805 bits per heavy atom.